The molecule has 0 saturated heterocycles. The Morgan fingerprint density at radius 3 is 2.67 bits per heavy atom. The molecule has 1 atom stereocenters. The summed E-state index contributed by atoms with van der Waals surface area (Å²) < 4.78 is 48.8. The number of aryl methyl sites for hydroxylation is 1. The largest absolute Gasteiger partial charge is 0.490 e. The average molecular weight is 344 g/mol. The maximum absolute atomic E-state index is 12.9. The number of aromatic nitrogens is 1. The summed E-state index contributed by atoms with van der Waals surface area (Å²) in [6.07, 6.45) is -5.44. The van der Waals surface area contributed by atoms with E-state index in [1.54, 1.807) is 24.9 Å². The minimum atomic E-state index is -4.50. The molecule has 132 valence electrons. The number of alkyl halides is 3. The van der Waals surface area contributed by atoms with Crippen LogP contribution in [0, 0.1) is 6.92 Å². The van der Waals surface area contributed by atoms with E-state index in [0.717, 1.165) is 11.8 Å². The number of likely N-dealkylation sites (N-methyl/N-ethyl adjacent to an activating group) is 1. The molecule has 0 radical (unpaired) electrons. The van der Waals surface area contributed by atoms with Gasteiger partial charge >= 0.3 is 6.18 Å². The average Bonchev–Trinajstić information content (AvgIpc) is 2.89. The predicted molar refractivity (Wildman–Crippen MR) is 80.5 cm³/mol. The van der Waals surface area contributed by atoms with Crippen LogP contribution >= 0.6 is 0 Å². The standard InChI is InChI=1S/C16H19F3N2O3/c1-11-7-13(24-20-11)9-21(2)8-12(22)10-23-15-6-4-3-5-14(15)16(17,18)19/h3-7,12,22H,8-10H2,1-2H3/t12-/m1/s1. The first-order chi connectivity index (χ1) is 11.3. The van der Waals surface area contributed by atoms with Gasteiger partial charge < -0.3 is 14.4 Å². The first-order valence-corrected chi connectivity index (χ1v) is 7.33. The third kappa shape index (κ3) is 5.24. The highest BCUT2D eigenvalue weighted by molar-refractivity contribution is 5.35. The van der Waals surface area contributed by atoms with Gasteiger partial charge in [-0.25, -0.2) is 0 Å². The summed E-state index contributed by atoms with van der Waals surface area (Å²) in [6.45, 7) is 2.20. The zero-order valence-corrected chi connectivity index (χ0v) is 13.4. The molecule has 0 aliphatic rings. The van der Waals surface area contributed by atoms with Gasteiger partial charge in [0.2, 0.25) is 0 Å². The second-order valence-electron chi connectivity index (χ2n) is 5.59. The molecule has 8 heteroatoms. The van der Waals surface area contributed by atoms with Crippen molar-refractivity contribution in [3.05, 3.63) is 47.3 Å². The maximum atomic E-state index is 12.9. The number of benzene rings is 1. The highest BCUT2D eigenvalue weighted by Gasteiger charge is 2.34. The molecule has 1 aromatic heterocycles. The van der Waals surface area contributed by atoms with E-state index in [1.807, 2.05) is 0 Å². The molecule has 1 aromatic carbocycles. The smallest absolute Gasteiger partial charge is 0.419 e. The van der Waals surface area contributed by atoms with Gasteiger partial charge in [0, 0.05) is 12.6 Å². The molecule has 0 saturated carbocycles. The molecule has 1 heterocycles. The van der Waals surface area contributed by atoms with Gasteiger partial charge in [-0.1, -0.05) is 17.3 Å². The highest BCUT2D eigenvalue weighted by atomic mass is 19.4. The van der Waals surface area contributed by atoms with E-state index in [2.05, 4.69) is 5.16 Å². The molecule has 1 N–H and O–H groups in total. The van der Waals surface area contributed by atoms with Gasteiger partial charge in [-0.05, 0) is 26.1 Å². The van der Waals surface area contributed by atoms with Crippen LogP contribution in [0.15, 0.2) is 34.9 Å². The molecule has 0 unspecified atom stereocenters. The lowest BCUT2D eigenvalue weighted by molar-refractivity contribution is -0.139. The van der Waals surface area contributed by atoms with Crippen LogP contribution in [-0.2, 0) is 12.7 Å². The lowest BCUT2D eigenvalue weighted by Crippen LogP contribution is -2.33. The first-order valence-electron chi connectivity index (χ1n) is 7.33. The van der Waals surface area contributed by atoms with Gasteiger partial charge in [-0.15, -0.1) is 0 Å². The molecular weight excluding hydrogens is 325 g/mol. The molecule has 0 aliphatic carbocycles. The molecule has 2 rings (SSSR count). The van der Waals surface area contributed by atoms with E-state index >= 15 is 0 Å². The maximum Gasteiger partial charge on any atom is 0.419 e. The van der Waals surface area contributed by atoms with Crippen molar-refractivity contribution >= 4 is 0 Å². The third-order valence-electron chi connectivity index (χ3n) is 3.25. The Bertz CT molecular complexity index is 658. The predicted octanol–water partition coefficient (Wildman–Crippen LogP) is 2.87. The Morgan fingerprint density at radius 1 is 1.33 bits per heavy atom. The van der Waals surface area contributed by atoms with Gasteiger partial charge in [0.25, 0.3) is 0 Å². The van der Waals surface area contributed by atoms with E-state index in [-0.39, 0.29) is 18.9 Å². The van der Waals surface area contributed by atoms with E-state index in [0.29, 0.717) is 12.3 Å². The molecule has 0 spiro atoms. The van der Waals surface area contributed by atoms with E-state index in [4.69, 9.17) is 9.26 Å². The second-order valence-corrected chi connectivity index (χ2v) is 5.59. The van der Waals surface area contributed by atoms with Gasteiger partial charge in [-0.3, -0.25) is 4.90 Å². The number of hydrogen-bond donors (Lipinski definition) is 1. The number of rotatable bonds is 7. The molecule has 2 aromatic rings. The molecule has 0 aliphatic heterocycles. The number of aliphatic hydroxyl groups excluding tert-OH is 1. The second kappa shape index (κ2) is 7.67. The number of halogens is 3. The van der Waals surface area contributed by atoms with Gasteiger partial charge in [0.15, 0.2) is 5.76 Å². The fourth-order valence-corrected chi connectivity index (χ4v) is 2.25. The van der Waals surface area contributed by atoms with Crippen LogP contribution in [0.1, 0.15) is 17.0 Å². The van der Waals surface area contributed by atoms with Crippen molar-refractivity contribution in [3.8, 4) is 5.75 Å². The summed E-state index contributed by atoms with van der Waals surface area (Å²) in [6, 6.07) is 6.70. The van der Waals surface area contributed by atoms with Crippen molar-refractivity contribution in [2.75, 3.05) is 20.2 Å². The Morgan fingerprint density at radius 2 is 2.04 bits per heavy atom. The van der Waals surface area contributed by atoms with Crippen molar-refractivity contribution in [3.63, 3.8) is 0 Å². The molecule has 0 amide bonds. The molecular formula is C16H19F3N2O3. The van der Waals surface area contributed by atoms with E-state index < -0.39 is 17.8 Å². The third-order valence-corrected chi connectivity index (χ3v) is 3.25. The van der Waals surface area contributed by atoms with Crippen molar-refractivity contribution in [1.82, 2.24) is 10.1 Å². The van der Waals surface area contributed by atoms with Crippen LogP contribution in [0.25, 0.3) is 0 Å². The first kappa shape index (κ1) is 18.3. The quantitative estimate of drug-likeness (QED) is 0.837. The van der Waals surface area contributed by atoms with E-state index in [1.165, 1.54) is 18.2 Å². The summed E-state index contributed by atoms with van der Waals surface area (Å²) in [5.41, 5.74) is -0.103. The van der Waals surface area contributed by atoms with Gasteiger partial charge in [0.1, 0.15) is 18.5 Å². The Balaban J connectivity index is 1.86. The van der Waals surface area contributed by atoms with Gasteiger partial charge in [-0.2, -0.15) is 13.2 Å². The van der Waals surface area contributed by atoms with Crippen LogP contribution in [0.4, 0.5) is 13.2 Å². The topological polar surface area (TPSA) is 58.7 Å². The Hall–Kier alpha value is -2.06. The Labute approximate surface area is 137 Å². The van der Waals surface area contributed by atoms with Crippen LogP contribution in [0.2, 0.25) is 0 Å². The molecule has 0 bridgehead atoms. The zero-order valence-electron chi connectivity index (χ0n) is 13.4. The summed E-state index contributed by atoms with van der Waals surface area (Å²) in [4.78, 5) is 1.77. The minimum Gasteiger partial charge on any atom is -0.490 e. The fraction of sp³-hybridized carbons (Fsp3) is 0.438. The molecule has 5 nitrogen and oxygen atoms in total. The van der Waals surface area contributed by atoms with Crippen molar-refractivity contribution in [2.24, 2.45) is 0 Å². The summed E-state index contributed by atoms with van der Waals surface area (Å²) in [5.74, 6) is 0.350. The number of ether oxygens (including phenoxy) is 1. The fourth-order valence-electron chi connectivity index (χ4n) is 2.25. The van der Waals surface area contributed by atoms with Crippen LogP contribution in [0.5, 0.6) is 5.75 Å². The number of aliphatic hydroxyl groups is 1. The number of para-hydroxylation sites is 1. The number of nitrogens with zero attached hydrogens (tertiary/aromatic N) is 2. The van der Waals surface area contributed by atoms with Gasteiger partial charge in [0.05, 0.1) is 17.8 Å². The normalized spacial score (nSPS) is 13.3. The summed E-state index contributed by atoms with van der Waals surface area (Å²) in [7, 11) is 1.75. The van der Waals surface area contributed by atoms with E-state index in [9.17, 15) is 18.3 Å². The summed E-state index contributed by atoms with van der Waals surface area (Å²) >= 11 is 0. The zero-order chi connectivity index (χ0) is 17.7. The molecule has 0 fully saturated rings. The van der Waals surface area contributed by atoms with Crippen molar-refractivity contribution in [2.45, 2.75) is 25.7 Å². The Kier molecular flexibility index (Phi) is 5.84. The minimum absolute atomic E-state index is 0.216. The van der Waals surface area contributed by atoms with Crippen molar-refractivity contribution < 1.29 is 27.5 Å². The van der Waals surface area contributed by atoms with Crippen LogP contribution in [-0.4, -0.2) is 41.5 Å². The van der Waals surface area contributed by atoms with Crippen LogP contribution < -0.4 is 4.74 Å². The SMILES string of the molecule is Cc1cc(CN(C)C[C@@H](O)COc2ccccc2C(F)(F)F)on1. The highest BCUT2D eigenvalue weighted by Crippen LogP contribution is 2.35. The van der Waals surface area contributed by atoms with Crippen molar-refractivity contribution in [1.29, 1.82) is 0 Å². The van der Waals surface area contributed by atoms with Crippen LogP contribution in [0.3, 0.4) is 0 Å². The lowest BCUT2D eigenvalue weighted by atomic mass is 10.2. The summed E-state index contributed by atoms with van der Waals surface area (Å²) in [5, 5.41) is 13.7. The monoisotopic (exact) mass is 344 g/mol. The molecule has 24 heavy (non-hydrogen) atoms. The lowest BCUT2D eigenvalue weighted by Gasteiger charge is -2.20. The number of hydrogen-bond acceptors (Lipinski definition) is 5.